The van der Waals surface area contributed by atoms with Crippen LogP contribution in [0.15, 0.2) is 18.2 Å². The van der Waals surface area contributed by atoms with Gasteiger partial charge >= 0.3 is 0 Å². The zero-order chi connectivity index (χ0) is 16.6. The number of amides is 1. The first-order valence-corrected chi connectivity index (χ1v) is 8.35. The molecule has 1 aliphatic rings. The maximum atomic E-state index is 12.4. The van der Waals surface area contributed by atoms with E-state index in [9.17, 15) is 4.79 Å². The van der Waals surface area contributed by atoms with E-state index in [1.807, 2.05) is 39.0 Å². The minimum absolute atomic E-state index is 0.0422. The van der Waals surface area contributed by atoms with E-state index in [1.54, 1.807) is 18.4 Å². The highest BCUT2D eigenvalue weighted by Crippen LogP contribution is 2.38. The fourth-order valence-electron chi connectivity index (χ4n) is 2.68. The molecule has 2 heterocycles. The molecule has 1 aliphatic heterocycles. The number of thiophene rings is 1. The van der Waals surface area contributed by atoms with Crippen molar-refractivity contribution in [2.75, 3.05) is 19.0 Å². The van der Waals surface area contributed by atoms with Crippen molar-refractivity contribution in [1.82, 2.24) is 5.32 Å². The van der Waals surface area contributed by atoms with Crippen LogP contribution in [-0.2, 0) is 0 Å². The van der Waals surface area contributed by atoms with E-state index >= 15 is 0 Å². The van der Waals surface area contributed by atoms with Crippen LogP contribution < -0.4 is 20.1 Å². The third-order valence-corrected chi connectivity index (χ3v) is 5.12. The molecule has 1 aromatic carbocycles. The molecule has 0 spiro atoms. The Morgan fingerprint density at radius 2 is 2.00 bits per heavy atom. The van der Waals surface area contributed by atoms with Gasteiger partial charge < -0.3 is 20.1 Å². The highest BCUT2D eigenvalue weighted by atomic mass is 32.1. The molecule has 0 fully saturated rings. The third kappa shape index (κ3) is 2.74. The van der Waals surface area contributed by atoms with Gasteiger partial charge in [0.1, 0.15) is 11.2 Å². The minimum Gasteiger partial charge on any atom is -0.493 e. The zero-order valence-corrected chi connectivity index (χ0v) is 14.5. The number of benzene rings is 1. The number of fused-ring (bicyclic) bond motifs is 1. The molecule has 0 saturated carbocycles. The minimum atomic E-state index is -0.280. The van der Waals surface area contributed by atoms with Crippen molar-refractivity contribution in [3.8, 4) is 11.5 Å². The molecule has 6 heteroatoms. The lowest BCUT2D eigenvalue weighted by molar-refractivity contribution is 0.0935. The SMILES string of the molecule is CCOc1cc(C2NC(=O)c3c(sc(C)c3C)N2)ccc1OC. The van der Waals surface area contributed by atoms with E-state index in [0.29, 0.717) is 18.1 Å². The fraction of sp³-hybridized carbons (Fsp3) is 0.353. The maximum absolute atomic E-state index is 12.4. The highest BCUT2D eigenvalue weighted by molar-refractivity contribution is 7.16. The predicted octanol–water partition coefficient (Wildman–Crippen LogP) is 3.63. The summed E-state index contributed by atoms with van der Waals surface area (Å²) in [7, 11) is 1.61. The summed E-state index contributed by atoms with van der Waals surface area (Å²) in [6.07, 6.45) is -0.280. The Balaban J connectivity index is 1.94. The molecule has 1 aromatic heterocycles. The molecular weight excluding hydrogens is 312 g/mol. The number of carbonyl (C=O) groups is 1. The van der Waals surface area contributed by atoms with Crippen LogP contribution in [0.25, 0.3) is 0 Å². The van der Waals surface area contributed by atoms with Gasteiger partial charge in [-0.1, -0.05) is 6.07 Å². The zero-order valence-electron chi connectivity index (χ0n) is 13.6. The van der Waals surface area contributed by atoms with Crippen LogP contribution in [0.5, 0.6) is 11.5 Å². The molecule has 3 rings (SSSR count). The molecule has 0 bridgehead atoms. The number of rotatable bonds is 4. The molecular formula is C17H20N2O3S. The van der Waals surface area contributed by atoms with Gasteiger partial charge in [-0.2, -0.15) is 0 Å². The fourth-order valence-corrected chi connectivity index (χ4v) is 3.77. The molecule has 1 unspecified atom stereocenters. The van der Waals surface area contributed by atoms with Crippen molar-refractivity contribution < 1.29 is 14.3 Å². The Morgan fingerprint density at radius 3 is 2.70 bits per heavy atom. The van der Waals surface area contributed by atoms with Gasteiger partial charge in [-0.3, -0.25) is 4.79 Å². The number of nitrogens with one attached hydrogen (secondary N) is 2. The number of hydrogen-bond donors (Lipinski definition) is 2. The number of anilines is 1. The Labute approximate surface area is 139 Å². The quantitative estimate of drug-likeness (QED) is 0.898. The Hall–Kier alpha value is -2.21. The van der Waals surface area contributed by atoms with Crippen LogP contribution in [0.4, 0.5) is 5.00 Å². The lowest BCUT2D eigenvalue weighted by Crippen LogP contribution is -2.38. The van der Waals surface area contributed by atoms with Crippen molar-refractivity contribution in [2.24, 2.45) is 0 Å². The summed E-state index contributed by atoms with van der Waals surface area (Å²) in [4.78, 5) is 13.6. The van der Waals surface area contributed by atoms with Gasteiger partial charge in [0, 0.05) is 4.88 Å². The number of hydrogen-bond acceptors (Lipinski definition) is 5. The van der Waals surface area contributed by atoms with Crippen molar-refractivity contribution in [3.05, 3.63) is 39.8 Å². The van der Waals surface area contributed by atoms with E-state index in [-0.39, 0.29) is 12.1 Å². The topological polar surface area (TPSA) is 59.6 Å². The van der Waals surface area contributed by atoms with Crippen LogP contribution in [0.3, 0.4) is 0 Å². The molecule has 2 aromatic rings. The normalized spacial score (nSPS) is 16.3. The summed E-state index contributed by atoms with van der Waals surface area (Å²) in [6.45, 7) is 6.49. The van der Waals surface area contributed by atoms with Crippen LogP contribution in [0.2, 0.25) is 0 Å². The number of methoxy groups -OCH3 is 1. The lowest BCUT2D eigenvalue weighted by atomic mass is 10.1. The lowest BCUT2D eigenvalue weighted by Gasteiger charge is -2.27. The van der Waals surface area contributed by atoms with Crippen LogP contribution >= 0.6 is 11.3 Å². The number of ether oxygens (including phenoxy) is 2. The summed E-state index contributed by atoms with van der Waals surface area (Å²) in [5, 5.41) is 7.33. The van der Waals surface area contributed by atoms with Crippen molar-refractivity contribution in [3.63, 3.8) is 0 Å². The van der Waals surface area contributed by atoms with E-state index in [1.165, 1.54) is 0 Å². The third-order valence-electron chi connectivity index (χ3n) is 3.98. The van der Waals surface area contributed by atoms with E-state index in [4.69, 9.17) is 9.47 Å². The molecule has 0 saturated heterocycles. The van der Waals surface area contributed by atoms with Gasteiger partial charge in [0.05, 0.1) is 19.3 Å². The molecule has 2 N–H and O–H groups in total. The highest BCUT2D eigenvalue weighted by Gasteiger charge is 2.29. The van der Waals surface area contributed by atoms with Crippen molar-refractivity contribution in [1.29, 1.82) is 0 Å². The summed E-state index contributed by atoms with van der Waals surface area (Å²) < 4.78 is 10.9. The van der Waals surface area contributed by atoms with Gasteiger partial charge in [0.15, 0.2) is 11.5 Å². The van der Waals surface area contributed by atoms with Gasteiger partial charge in [-0.05, 0) is 44.0 Å². The van der Waals surface area contributed by atoms with E-state index < -0.39 is 0 Å². The second-order valence-corrected chi connectivity index (χ2v) is 6.61. The summed E-state index contributed by atoms with van der Waals surface area (Å²) >= 11 is 1.61. The van der Waals surface area contributed by atoms with E-state index in [0.717, 1.165) is 26.6 Å². The standard InChI is InChI=1S/C17H20N2O3S/c1-5-22-13-8-11(6-7-12(13)21-4)15-18-16(20)14-9(2)10(3)23-17(14)19-15/h6-8,15,19H,5H2,1-4H3,(H,18,20). The second-order valence-electron chi connectivity index (χ2n) is 5.38. The monoisotopic (exact) mass is 332 g/mol. The summed E-state index contributed by atoms with van der Waals surface area (Å²) in [5.74, 6) is 1.31. The molecule has 122 valence electrons. The number of carbonyl (C=O) groups excluding carboxylic acids is 1. The first-order chi connectivity index (χ1) is 11.0. The molecule has 23 heavy (non-hydrogen) atoms. The van der Waals surface area contributed by atoms with Gasteiger partial charge in [0.2, 0.25) is 0 Å². The van der Waals surface area contributed by atoms with Crippen LogP contribution in [0, 0.1) is 13.8 Å². The maximum Gasteiger partial charge on any atom is 0.256 e. The average Bonchev–Trinajstić information content (AvgIpc) is 2.82. The van der Waals surface area contributed by atoms with Crippen LogP contribution in [-0.4, -0.2) is 19.6 Å². The molecule has 1 amide bonds. The summed E-state index contributed by atoms with van der Waals surface area (Å²) in [6, 6.07) is 5.69. The molecule has 5 nitrogen and oxygen atoms in total. The van der Waals surface area contributed by atoms with E-state index in [2.05, 4.69) is 10.6 Å². The van der Waals surface area contributed by atoms with Crippen molar-refractivity contribution >= 4 is 22.2 Å². The second kappa shape index (κ2) is 6.12. The Bertz CT molecular complexity index is 755. The Kier molecular flexibility index (Phi) is 4.17. The first-order valence-electron chi connectivity index (χ1n) is 7.53. The largest absolute Gasteiger partial charge is 0.493 e. The van der Waals surface area contributed by atoms with Gasteiger partial charge in [0.25, 0.3) is 5.91 Å². The predicted molar refractivity (Wildman–Crippen MR) is 91.8 cm³/mol. The molecule has 0 radical (unpaired) electrons. The van der Waals surface area contributed by atoms with Gasteiger partial charge in [-0.15, -0.1) is 11.3 Å². The first kappa shape index (κ1) is 15.7. The van der Waals surface area contributed by atoms with Gasteiger partial charge in [-0.25, -0.2) is 0 Å². The Morgan fingerprint density at radius 1 is 1.22 bits per heavy atom. The average molecular weight is 332 g/mol. The summed E-state index contributed by atoms with van der Waals surface area (Å²) in [5.41, 5.74) is 2.72. The number of aryl methyl sites for hydroxylation is 1. The smallest absolute Gasteiger partial charge is 0.256 e. The molecule has 1 atom stereocenters. The van der Waals surface area contributed by atoms with Crippen LogP contribution in [0.1, 0.15) is 39.5 Å². The van der Waals surface area contributed by atoms with Crippen molar-refractivity contribution in [2.45, 2.75) is 26.9 Å². The molecule has 0 aliphatic carbocycles.